The van der Waals surface area contributed by atoms with Crippen LogP contribution in [0.5, 0.6) is 11.5 Å². The lowest BCUT2D eigenvalue weighted by molar-refractivity contribution is 0.0540. The van der Waals surface area contributed by atoms with Gasteiger partial charge in [0.25, 0.3) is 0 Å². The van der Waals surface area contributed by atoms with Crippen molar-refractivity contribution in [2.24, 2.45) is 0 Å². The summed E-state index contributed by atoms with van der Waals surface area (Å²) >= 11 is 0. The van der Waals surface area contributed by atoms with Crippen molar-refractivity contribution in [1.82, 2.24) is 0 Å². The van der Waals surface area contributed by atoms with Crippen LogP contribution in [0.3, 0.4) is 0 Å². The Balaban J connectivity index is 2.44. The molecule has 108 valence electrons. The highest BCUT2D eigenvalue weighted by atomic mass is 16.5. The predicted octanol–water partition coefficient (Wildman–Crippen LogP) is 1.79. The van der Waals surface area contributed by atoms with Gasteiger partial charge in [-0.1, -0.05) is 6.07 Å². The highest BCUT2D eigenvalue weighted by Crippen LogP contribution is 2.30. The van der Waals surface area contributed by atoms with Crippen molar-refractivity contribution >= 4 is 0 Å². The van der Waals surface area contributed by atoms with Crippen molar-refractivity contribution in [3.63, 3.8) is 0 Å². The van der Waals surface area contributed by atoms with E-state index >= 15 is 0 Å². The Morgan fingerprint density at radius 3 is 2.42 bits per heavy atom. The second-order valence-corrected chi connectivity index (χ2v) is 4.04. The molecule has 5 nitrogen and oxygen atoms in total. The first-order chi connectivity index (χ1) is 9.19. The minimum Gasteiger partial charge on any atom is -0.493 e. The van der Waals surface area contributed by atoms with E-state index in [2.05, 4.69) is 0 Å². The molecule has 0 aromatic heterocycles. The lowest BCUT2D eigenvalue weighted by Gasteiger charge is -2.13. The molecular weight excluding hydrogens is 248 g/mol. The average Bonchev–Trinajstić information content (AvgIpc) is 2.42. The molecule has 1 rings (SSSR count). The Kier molecular flexibility index (Phi) is 7.25. The van der Waals surface area contributed by atoms with E-state index in [1.54, 1.807) is 33.3 Å². The summed E-state index contributed by atoms with van der Waals surface area (Å²) in [6.07, 6.45) is -0.527. The molecule has 1 unspecified atom stereocenters. The van der Waals surface area contributed by atoms with Gasteiger partial charge in [-0.25, -0.2) is 0 Å². The van der Waals surface area contributed by atoms with Crippen molar-refractivity contribution < 1.29 is 24.1 Å². The molecule has 0 radical (unpaired) electrons. The van der Waals surface area contributed by atoms with Crippen LogP contribution >= 0.6 is 0 Å². The van der Waals surface area contributed by atoms with Crippen LogP contribution in [0, 0.1) is 0 Å². The quantitative estimate of drug-likeness (QED) is 0.693. The number of hydrogen-bond acceptors (Lipinski definition) is 5. The summed E-state index contributed by atoms with van der Waals surface area (Å²) in [5.41, 5.74) is 0.792. The zero-order valence-electron chi connectivity index (χ0n) is 11.7. The van der Waals surface area contributed by atoms with E-state index < -0.39 is 6.10 Å². The largest absolute Gasteiger partial charge is 0.493 e. The fourth-order valence-electron chi connectivity index (χ4n) is 1.52. The summed E-state index contributed by atoms with van der Waals surface area (Å²) in [4.78, 5) is 0. The molecule has 1 aromatic rings. The van der Waals surface area contributed by atoms with Gasteiger partial charge < -0.3 is 24.1 Å². The minimum absolute atomic E-state index is 0.439. The first-order valence-electron chi connectivity index (χ1n) is 6.24. The van der Waals surface area contributed by atoms with Gasteiger partial charge in [-0.3, -0.25) is 0 Å². The van der Waals surface area contributed by atoms with Gasteiger partial charge in [-0.15, -0.1) is 0 Å². The zero-order valence-corrected chi connectivity index (χ0v) is 11.7. The minimum atomic E-state index is -0.527. The van der Waals surface area contributed by atoms with Crippen molar-refractivity contribution in [3.05, 3.63) is 23.8 Å². The molecule has 1 aromatic carbocycles. The SMILES string of the molecule is COCCOCCOc1ccc(C(C)O)cc1OC. The van der Waals surface area contributed by atoms with Gasteiger partial charge in [0.2, 0.25) is 0 Å². The molecule has 0 amide bonds. The number of aliphatic hydroxyl groups excluding tert-OH is 1. The standard InChI is InChI=1S/C14H22O5/c1-11(15)12-4-5-13(14(10-12)17-3)19-9-8-18-7-6-16-2/h4-5,10-11,15H,6-9H2,1-3H3. The summed E-state index contributed by atoms with van der Waals surface area (Å²) in [6, 6.07) is 5.37. The highest BCUT2D eigenvalue weighted by Gasteiger charge is 2.08. The Morgan fingerprint density at radius 2 is 1.79 bits per heavy atom. The normalized spacial score (nSPS) is 12.2. The van der Waals surface area contributed by atoms with Gasteiger partial charge in [-0.05, 0) is 24.6 Å². The summed E-state index contributed by atoms with van der Waals surface area (Å²) in [7, 11) is 3.21. The first kappa shape index (κ1) is 15.8. The van der Waals surface area contributed by atoms with Gasteiger partial charge in [0, 0.05) is 7.11 Å². The molecule has 0 saturated carbocycles. The highest BCUT2D eigenvalue weighted by molar-refractivity contribution is 5.43. The maximum Gasteiger partial charge on any atom is 0.161 e. The molecular formula is C14H22O5. The van der Waals surface area contributed by atoms with E-state index in [-0.39, 0.29) is 0 Å². The zero-order chi connectivity index (χ0) is 14.1. The Morgan fingerprint density at radius 1 is 1.05 bits per heavy atom. The fourth-order valence-corrected chi connectivity index (χ4v) is 1.52. The van der Waals surface area contributed by atoms with Crippen LogP contribution in [0.4, 0.5) is 0 Å². The molecule has 0 aliphatic heterocycles. The van der Waals surface area contributed by atoms with Crippen molar-refractivity contribution in [1.29, 1.82) is 0 Å². The lowest BCUT2D eigenvalue weighted by atomic mass is 10.1. The maximum absolute atomic E-state index is 9.50. The molecule has 1 atom stereocenters. The van der Waals surface area contributed by atoms with Crippen LogP contribution < -0.4 is 9.47 Å². The Hall–Kier alpha value is -1.30. The van der Waals surface area contributed by atoms with Crippen LogP contribution in [-0.4, -0.2) is 45.8 Å². The predicted molar refractivity (Wildman–Crippen MR) is 71.8 cm³/mol. The van der Waals surface area contributed by atoms with Gasteiger partial charge in [0.15, 0.2) is 11.5 Å². The third-order valence-electron chi connectivity index (χ3n) is 2.59. The second-order valence-electron chi connectivity index (χ2n) is 4.04. The van der Waals surface area contributed by atoms with Crippen LogP contribution in [0.15, 0.2) is 18.2 Å². The summed E-state index contributed by atoms with van der Waals surface area (Å²) in [6.45, 7) is 3.77. The molecule has 19 heavy (non-hydrogen) atoms. The lowest BCUT2D eigenvalue weighted by Crippen LogP contribution is -2.10. The monoisotopic (exact) mass is 270 g/mol. The molecule has 0 fully saturated rings. The summed E-state index contributed by atoms with van der Waals surface area (Å²) in [5.74, 6) is 1.25. The van der Waals surface area contributed by atoms with E-state index in [0.29, 0.717) is 37.9 Å². The molecule has 0 aliphatic carbocycles. The van der Waals surface area contributed by atoms with Gasteiger partial charge in [0.1, 0.15) is 6.61 Å². The van der Waals surface area contributed by atoms with Crippen LogP contribution in [-0.2, 0) is 9.47 Å². The van der Waals surface area contributed by atoms with Crippen molar-refractivity contribution in [3.8, 4) is 11.5 Å². The number of rotatable bonds is 9. The summed E-state index contributed by atoms with van der Waals surface area (Å²) < 4.78 is 21.0. The number of benzene rings is 1. The smallest absolute Gasteiger partial charge is 0.161 e. The van der Waals surface area contributed by atoms with E-state index in [9.17, 15) is 5.11 Å². The van der Waals surface area contributed by atoms with E-state index in [0.717, 1.165) is 5.56 Å². The van der Waals surface area contributed by atoms with Crippen LogP contribution in [0.25, 0.3) is 0 Å². The molecule has 0 heterocycles. The third kappa shape index (κ3) is 5.46. The number of methoxy groups -OCH3 is 2. The van der Waals surface area contributed by atoms with E-state index in [4.69, 9.17) is 18.9 Å². The van der Waals surface area contributed by atoms with Crippen LogP contribution in [0.1, 0.15) is 18.6 Å². The average molecular weight is 270 g/mol. The molecule has 0 aliphatic rings. The molecule has 0 bridgehead atoms. The number of aliphatic hydroxyl groups is 1. The topological polar surface area (TPSA) is 57.2 Å². The van der Waals surface area contributed by atoms with E-state index in [1.165, 1.54) is 0 Å². The van der Waals surface area contributed by atoms with E-state index in [1.807, 2.05) is 6.07 Å². The Labute approximate surface area is 114 Å². The van der Waals surface area contributed by atoms with Crippen molar-refractivity contribution in [2.75, 3.05) is 40.6 Å². The molecule has 0 spiro atoms. The van der Waals surface area contributed by atoms with Gasteiger partial charge >= 0.3 is 0 Å². The first-order valence-corrected chi connectivity index (χ1v) is 6.24. The molecule has 5 heteroatoms. The number of ether oxygens (including phenoxy) is 4. The molecule has 0 saturated heterocycles. The van der Waals surface area contributed by atoms with Crippen molar-refractivity contribution in [2.45, 2.75) is 13.0 Å². The Bertz CT molecular complexity index is 365. The summed E-state index contributed by atoms with van der Waals surface area (Å²) in [5, 5.41) is 9.50. The maximum atomic E-state index is 9.50. The second kappa shape index (κ2) is 8.74. The fraction of sp³-hybridized carbons (Fsp3) is 0.571. The van der Waals surface area contributed by atoms with Gasteiger partial charge in [0.05, 0.1) is 33.0 Å². The molecule has 1 N–H and O–H groups in total. The third-order valence-corrected chi connectivity index (χ3v) is 2.59. The van der Waals surface area contributed by atoms with Crippen LogP contribution in [0.2, 0.25) is 0 Å². The van der Waals surface area contributed by atoms with Gasteiger partial charge in [-0.2, -0.15) is 0 Å². The number of hydrogen-bond donors (Lipinski definition) is 1.